The highest BCUT2D eigenvalue weighted by Gasteiger charge is 2.36. The number of furan rings is 1. The molecule has 6 nitrogen and oxygen atoms in total. The average Bonchev–Trinajstić information content (AvgIpc) is 3.63. The minimum atomic E-state index is -0.205. The molecule has 1 aromatic heterocycles. The van der Waals surface area contributed by atoms with E-state index in [1.165, 1.54) is 11.1 Å². The molecule has 2 heterocycles. The first-order chi connectivity index (χ1) is 18.9. The Labute approximate surface area is 231 Å². The first kappa shape index (κ1) is 27.0. The van der Waals surface area contributed by atoms with Crippen molar-refractivity contribution < 1.29 is 18.7 Å². The third-order valence-corrected chi connectivity index (χ3v) is 7.96. The van der Waals surface area contributed by atoms with Gasteiger partial charge in [0.15, 0.2) is 5.76 Å². The molecule has 2 aliphatic rings. The zero-order chi connectivity index (χ0) is 27.4. The van der Waals surface area contributed by atoms with E-state index in [1.54, 1.807) is 12.1 Å². The Morgan fingerprint density at radius 3 is 2.67 bits per heavy atom. The lowest BCUT2D eigenvalue weighted by atomic mass is 9.86. The first-order valence-electron chi connectivity index (χ1n) is 14.4. The fourth-order valence-electron chi connectivity index (χ4n) is 5.82. The molecule has 6 heteroatoms. The highest BCUT2D eigenvalue weighted by molar-refractivity contribution is 5.91. The van der Waals surface area contributed by atoms with Crippen molar-refractivity contribution in [3.63, 3.8) is 0 Å². The maximum Gasteiger partial charge on any atom is 0.286 e. The zero-order valence-electron chi connectivity index (χ0n) is 23.4. The van der Waals surface area contributed by atoms with Crippen molar-refractivity contribution in [2.24, 2.45) is 11.8 Å². The van der Waals surface area contributed by atoms with Crippen LogP contribution in [0.15, 0.2) is 59.0 Å². The number of aryl methyl sites for hydroxylation is 1. The summed E-state index contributed by atoms with van der Waals surface area (Å²) in [5.41, 5.74) is 4.70. The molecule has 1 aliphatic heterocycles. The predicted octanol–water partition coefficient (Wildman–Crippen LogP) is 6.61. The van der Waals surface area contributed by atoms with Gasteiger partial charge in [0.2, 0.25) is 5.91 Å². The molecule has 5 rings (SSSR count). The lowest BCUT2D eigenvalue weighted by Crippen LogP contribution is -2.43. The predicted molar refractivity (Wildman–Crippen MR) is 152 cm³/mol. The van der Waals surface area contributed by atoms with Gasteiger partial charge in [0, 0.05) is 19.0 Å². The van der Waals surface area contributed by atoms with Gasteiger partial charge in [-0.25, -0.2) is 0 Å². The van der Waals surface area contributed by atoms with E-state index >= 15 is 0 Å². The molecule has 0 spiro atoms. The van der Waals surface area contributed by atoms with E-state index in [9.17, 15) is 9.59 Å². The summed E-state index contributed by atoms with van der Waals surface area (Å²) in [5, 5.41) is 2.90. The van der Waals surface area contributed by atoms with Crippen LogP contribution >= 0.6 is 0 Å². The third kappa shape index (κ3) is 6.38. The summed E-state index contributed by atoms with van der Waals surface area (Å²) >= 11 is 0. The SMILES string of the molecule is Cc1cccc([C@@H]2c3cc(OCc4ccc(C(=O)NCCC(C)C)o4)ccc3CCN2C(=O)C2CCCC2)c1. The molecule has 0 radical (unpaired) electrons. The number of rotatable bonds is 9. The van der Waals surface area contributed by atoms with Gasteiger partial charge in [-0.1, -0.05) is 62.6 Å². The van der Waals surface area contributed by atoms with Gasteiger partial charge in [0.1, 0.15) is 18.1 Å². The van der Waals surface area contributed by atoms with Crippen molar-refractivity contribution >= 4 is 11.8 Å². The minimum Gasteiger partial charge on any atom is -0.486 e. The Hall–Kier alpha value is -3.54. The van der Waals surface area contributed by atoms with Crippen LogP contribution in [0.2, 0.25) is 0 Å². The fourth-order valence-corrected chi connectivity index (χ4v) is 5.82. The Morgan fingerprint density at radius 1 is 1.08 bits per heavy atom. The van der Waals surface area contributed by atoms with Gasteiger partial charge >= 0.3 is 0 Å². The van der Waals surface area contributed by atoms with Crippen LogP contribution in [0.1, 0.15) is 90.6 Å². The monoisotopic (exact) mass is 528 g/mol. The number of amides is 2. The summed E-state index contributed by atoms with van der Waals surface area (Å²) in [5.74, 6) is 2.35. The van der Waals surface area contributed by atoms with Crippen LogP contribution in [0.25, 0.3) is 0 Å². The van der Waals surface area contributed by atoms with Gasteiger partial charge in [0.05, 0.1) is 6.04 Å². The van der Waals surface area contributed by atoms with Crippen molar-refractivity contribution in [3.05, 3.63) is 88.4 Å². The van der Waals surface area contributed by atoms with Crippen molar-refractivity contribution in [1.29, 1.82) is 0 Å². The zero-order valence-corrected chi connectivity index (χ0v) is 23.4. The van der Waals surface area contributed by atoms with E-state index in [2.05, 4.69) is 67.4 Å². The van der Waals surface area contributed by atoms with Crippen molar-refractivity contribution in [2.45, 2.75) is 71.9 Å². The number of benzene rings is 2. The number of ether oxygens (including phenoxy) is 1. The van der Waals surface area contributed by atoms with E-state index in [1.807, 2.05) is 6.07 Å². The average molecular weight is 529 g/mol. The molecule has 1 saturated carbocycles. The van der Waals surface area contributed by atoms with Gasteiger partial charge in [0.25, 0.3) is 5.91 Å². The topological polar surface area (TPSA) is 71.8 Å². The molecule has 0 unspecified atom stereocenters. The summed E-state index contributed by atoms with van der Waals surface area (Å²) in [4.78, 5) is 28.2. The van der Waals surface area contributed by atoms with Gasteiger partial charge in [-0.15, -0.1) is 0 Å². The number of hydrogen-bond donors (Lipinski definition) is 1. The molecule has 206 valence electrons. The number of fused-ring (bicyclic) bond motifs is 1. The molecular weight excluding hydrogens is 488 g/mol. The van der Waals surface area contributed by atoms with Crippen LogP contribution in [-0.4, -0.2) is 29.8 Å². The number of carbonyl (C=O) groups is 2. The van der Waals surface area contributed by atoms with Crippen LogP contribution in [0.5, 0.6) is 5.75 Å². The minimum absolute atomic E-state index is 0.130. The second-order valence-corrected chi connectivity index (χ2v) is 11.4. The maximum atomic E-state index is 13.7. The lowest BCUT2D eigenvalue weighted by Gasteiger charge is -2.39. The number of nitrogens with one attached hydrogen (secondary N) is 1. The molecule has 3 aromatic rings. The first-order valence-corrected chi connectivity index (χ1v) is 14.4. The van der Waals surface area contributed by atoms with E-state index < -0.39 is 0 Å². The standard InChI is InChI=1S/C33H40N2O4/c1-22(2)15-17-34-32(36)30-14-13-28(39-30)21-38-27-12-11-24-16-18-35(33(37)25-8-4-5-9-25)31(29(24)20-27)26-10-6-7-23(3)19-26/h6-7,10-14,19-20,22,25,31H,4-5,8-9,15-18,21H2,1-3H3,(H,34,36)/t31-/m1/s1. The van der Waals surface area contributed by atoms with Gasteiger partial charge in [-0.2, -0.15) is 0 Å². The summed E-state index contributed by atoms with van der Waals surface area (Å²) < 4.78 is 11.9. The summed E-state index contributed by atoms with van der Waals surface area (Å²) in [6.45, 7) is 7.93. The van der Waals surface area contributed by atoms with Crippen molar-refractivity contribution in [1.82, 2.24) is 10.2 Å². The van der Waals surface area contributed by atoms with E-state index in [-0.39, 0.29) is 30.4 Å². The van der Waals surface area contributed by atoms with Crippen LogP contribution in [0.4, 0.5) is 0 Å². The number of nitrogens with zero attached hydrogens (tertiary/aromatic N) is 1. The normalized spacial score (nSPS) is 17.3. The van der Waals surface area contributed by atoms with Gasteiger partial charge in [-0.05, 0) is 79.5 Å². The van der Waals surface area contributed by atoms with Crippen molar-refractivity contribution in [3.8, 4) is 5.75 Å². The Morgan fingerprint density at radius 2 is 1.90 bits per heavy atom. The Balaban J connectivity index is 1.34. The molecule has 1 atom stereocenters. The smallest absolute Gasteiger partial charge is 0.286 e. The molecule has 39 heavy (non-hydrogen) atoms. The Bertz CT molecular complexity index is 1300. The van der Waals surface area contributed by atoms with Gasteiger partial charge < -0.3 is 19.4 Å². The number of hydrogen-bond acceptors (Lipinski definition) is 4. The maximum absolute atomic E-state index is 13.7. The van der Waals surface area contributed by atoms with Crippen LogP contribution in [-0.2, 0) is 17.8 Å². The van der Waals surface area contributed by atoms with Gasteiger partial charge in [-0.3, -0.25) is 9.59 Å². The molecule has 1 aliphatic carbocycles. The molecule has 2 amide bonds. The molecule has 1 fully saturated rings. The number of carbonyl (C=O) groups excluding carboxylic acids is 2. The Kier molecular flexibility index (Phi) is 8.39. The molecule has 0 saturated heterocycles. The van der Waals surface area contributed by atoms with Crippen LogP contribution < -0.4 is 10.1 Å². The van der Waals surface area contributed by atoms with E-state index in [4.69, 9.17) is 9.15 Å². The van der Waals surface area contributed by atoms with E-state index in [0.717, 1.165) is 61.9 Å². The van der Waals surface area contributed by atoms with Crippen molar-refractivity contribution in [2.75, 3.05) is 13.1 Å². The molecule has 1 N–H and O–H groups in total. The quantitative estimate of drug-likeness (QED) is 0.339. The van der Waals surface area contributed by atoms with Crippen LogP contribution in [0.3, 0.4) is 0 Å². The second-order valence-electron chi connectivity index (χ2n) is 11.4. The van der Waals surface area contributed by atoms with Crippen LogP contribution in [0, 0.1) is 18.8 Å². The highest BCUT2D eigenvalue weighted by Crippen LogP contribution is 2.40. The third-order valence-electron chi connectivity index (χ3n) is 7.96. The molecule has 0 bridgehead atoms. The summed E-state index contributed by atoms with van der Waals surface area (Å²) in [6.07, 6.45) is 6.03. The summed E-state index contributed by atoms with van der Waals surface area (Å²) in [6, 6.07) is 18.0. The second kappa shape index (κ2) is 12.1. The lowest BCUT2D eigenvalue weighted by molar-refractivity contribution is -0.137. The van der Waals surface area contributed by atoms with E-state index in [0.29, 0.717) is 24.0 Å². The molecular formula is C33H40N2O4. The summed E-state index contributed by atoms with van der Waals surface area (Å²) in [7, 11) is 0. The highest BCUT2D eigenvalue weighted by atomic mass is 16.5. The fraction of sp³-hybridized carbons (Fsp3) is 0.455. The largest absolute Gasteiger partial charge is 0.486 e. The molecule has 2 aromatic carbocycles.